The molecule has 5 nitrogen and oxygen atoms in total. The molecule has 102 valence electrons. The quantitative estimate of drug-likeness (QED) is 0.764. The molecule has 2 rings (SSSR count). The number of amides is 1. The van der Waals surface area contributed by atoms with Gasteiger partial charge in [-0.25, -0.2) is 0 Å². The number of aliphatic hydroxyl groups is 1. The van der Waals surface area contributed by atoms with Crippen LogP contribution in [0.3, 0.4) is 0 Å². The minimum absolute atomic E-state index is 0.0489. The lowest BCUT2D eigenvalue weighted by Crippen LogP contribution is -2.44. The van der Waals surface area contributed by atoms with Crippen molar-refractivity contribution in [2.75, 3.05) is 13.2 Å². The van der Waals surface area contributed by atoms with Crippen molar-refractivity contribution < 1.29 is 19.8 Å². The fourth-order valence-electron chi connectivity index (χ4n) is 2.93. The van der Waals surface area contributed by atoms with Gasteiger partial charge in [-0.15, -0.1) is 0 Å². The van der Waals surface area contributed by atoms with Crippen molar-refractivity contribution in [1.82, 2.24) is 4.90 Å². The molecule has 0 spiro atoms. The standard InChI is InChI=1S/C13H21NO4/c15-7-6-14(9-4-2-1-3-5-9)12(16)10-8-11(10)13(17)18/h9-11,15H,1-8H2,(H,17,18). The van der Waals surface area contributed by atoms with Gasteiger partial charge < -0.3 is 15.1 Å². The van der Waals surface area contributed by atoms with Crippen LogP contribution in [0.2, 0.25) is 0 Å². The first-order chi connectivity index (χ1) is 8.65. The zero-order chi connectivity index (χ0) is 13.1. The Hall–Kier alpha value is -1.10. The summed E-state index contributed by atoms with van der Waals surface area (Å²) < 4.78 is 0. The molecule has 0 heterocycles. The lowest BCUT2D eigenvalue weighted by Gasteiger charge is -2.34. The van der Waals surface area contributed by atoms with Gasteiger partial charge in [-0.05, 0) is 19.3 Å². The van der Waals surface area contributed by atoms with Crippen molar-refractivity contribution in [3.63, 3.8) is 0 Å². The van der Waals surface area contributed by atoms with E-state index >= 15 is 0 Å². The van der Waals surface area contributed by atoms with Crippen LogP contribution in [0, 0.1) is 11.8 Å². The Balaban J connectivity index is 1.96. The Bertz CT molecular complexity index is 325. The molecule has 2 unspecified atom stereocenters. The molecule has 0 aromatic heterocycles. The molecule has 2 atom stereocenters. The summed E-state index contributed by atoms with van der Waals surface area (Å²) in [5.41, 5.74) is 0. The molecule has 2 N–H and O–H groups in total. The summed E-state index contributed by atoms with van der Waals surface area (Å²) in [6.45, 7) is 0.291. The zero-order valence-corrected chi connectivity index (χ0v) is 10.5. The number of aliphatic carboxylic acids is 1. The van der Waals surface area contributed by atoms with Crippen molar-refractivity contribution in [3.05, 3.63) is 0 Å². The van der Waals surface area contributed by atoms with Gasteiger partial charge in [0.05, 0.1) is 18.4 Å². The summed E-state index contributed by atoms with van der Waals surface area (Å²) in [6.07, 6.45) is 5.87. The Kier molecular flexibility index (Phi) is 4.22. The lowest BCUT2D eigenvalue weighted by atomic mass is 9.94. The predicted molar refractivity (Wildman–Crippen MR) is 64.9 cm³/mol. The van der Waals surface area contributed by atoms with Crippen molar-refractivity contribution in [1.29, 1.82) is 0 Å². The topological polar surface area (TPSA) is 77.8 Å². The van der Waals surface area contributed by atoms with Crippen LogP contribution in [-0.2, 0) is 9.59 Å². The van der Waals surface area contributed by atoms with Crippen molar-refractivity contribution in [3.8, 4) is 0 Å². The molecule has 2 saturated carbocycles. The first kappa shape index (κ1) is 13.3. The van der Waals surface area contributed by atoms with Gasteiger partial charge in [0, 0.05) is 12.6 Å². The second-order valence-corrected chi connectivity index (χ2v) is 5.33. The molecule has 18 heavy (non-hydrogen) atoms. The van der Waals surface area contributed by atoms with Crippen molar-refractivity contribution in [2.45, 2.75) is 44.6 Å². The maximum Gasteiger partial charge on any atom is 0.307 e. The van der Waals surface area contributed by atoms with Gasteiger partial charge in [0.15, 0.2) is 0 Å². The van der Waals surface area contributed by atoms with Crippen LogP contribution in [0.1, 0.15) is 38.5 Å². The third-order valence-corrected chi connectivity index (χ3v) is 4.06. The number of carboxylic acid groups (broad SMARTS) is 1. The predicted octanol–water partition coefficient (Wildman–Crippen LogP) is 0.861. The minimum Gasteiger partial charge on any atom is -0.481 e. The third-order valence-electron chi connectivity index (χ3n) is 4.06. The number of carbonyl (C=O) groups excluding carboxylic acids is 1. The average Bonchev–Trinajstić information content (AvgIpc) is 3.16. The zero-order valence-electron chi connectivity index (χ0n) is 10.5. The monoisotopic (exact) mass is 255 g/mol. The molecule has 2 aliphatic carbocycles. The highest BCUT2D eigenvalue weighted by atomic mass is 16.4. The Morgan fingerprint density at radius 2 is 1.78 bits per heavy atom. The number of rotatable bonds is 5. The summed E-state index contributed by atoms with van der Waals surface area (Å²) in [6, 6.07) is 0.202. The molecular weight excluding hydrogens is 234 g/mol. The van der Waals surface area contributed by atoms with E-state index in [4.69, 9.17) is 10.2 Å². The van der Waals surface area contributed by atoms with Crippen LogP contribution in [0.15, 0.2) is 0 Å². The van der Waals surface area contributed by atoms with E-state index in [9.17, 15) is 9.59 Å². The highest BCUT2D eigenvalue weighted by Crippen LogP contribution is 2.41. The molecule has 0 aromatic rings. The molecule has 0 saturated heterocycles. The van der Waals surface area contributed by atoms with Crippen LogP contribution in [0.5, 0.6) is 0 Å². The largest absolute Gasteiger partial charge is 0.481 e. The molecule has 5 heteroatoms. The maximum atomic E-state index is 12.3. The number of nitrogens with zero attached hydrogens (tertiary/aromatic N) is 1. The van der Waals surface area contributed by atoms with Gasteiger partial charge >= 0.3 is 5.97 Å². The Morgan fingerprint density at radius 3 is 2.28 bits per heavy atom. The van der Waals surface area contributed by atoms with Crippen molar-refractivity contribution >= 4 is 11.9 Å². The highest BCUT2D eigenvalue weighted by molar-refractivity contribution is 5.89. The summed E-state index contributed by atoms with van der Waals surface area (Å²) in [7, 11) is 0. The molecule has 1 amide bonds. The van der Waals surface area contributed by atoms with Gasteiger partial charge in [0.1, 0.15) is 0 Å². The third kappa shape index (κ3) is 2.83. The van der Waals surface area contributed by atoms with Crippen molar-refractivity contribution in [2.24, 2.45) is 11.8 Å². The van der Waals surface area contributed by atoms with E-state index in [0.29, 0.717) is 13.0 Å². The summed E-state index contributed by atoms with van der Waals surface area (Å²) in [5.74, 6) is -1.79. The fraction of sp³-hybridized carbons (Fsp3) is 0.846. The normalized spacial score (nSPS) is 27.8. The summed E-state index contributed by atoms with van der Waals surface area (Å²) in [5, 5.41) is 18.0. The molecular formula is C13H21NO4. The Labute approximate surface area is 107 Å². The second-order valence-electron chi connectivity index (χ2n) is 5.33. The molecule has 0 bridgehead atoms. The van der Waals surface area contributed by atoms with Crippen LogP contribution >= 0.6 is 0 Å². The SMILES string of the molecule is O=C(O)C1CC1C(=O)N(CCO)C1CCCCC1. The molecule has 0 radical (unpaired) electrons. The van der Waals surface area contributed by atoms with E-state index in [1.54, 1.807) is 4.90 Å². The van der Waals surface area contributed by atoms with E-state index in [1.165, 1.54) is 6.42 Å². The number of carbonyl (C=O) groups is 2. The van der Waals surface area contributed by atoms with Crippen LogP contribution in [-0.4, -0.2) is 46.2 Å². The van der Waals surface area contributed by atoms with Gasteiger partial charge in [-0.1, -0.05) is 19.3 Å². The van der Waals surface area contributed by atoms with E-state index < -0.39 is 11.9 Å². The maximum absolute atomic E-state index is 12.3. The molecule has 0 aliphatic heterocycles. The molecule has 2 fully saturated rings. The summed E-state index contributed by atoms with van der Waals surface area (Å²) >= 11 is 0. The van der Waals surface area contributed by atoms with Gasteiger partial charge in [-0.2, -0.15) is 0 Å². The molecule has 2 aliphatic rings. The van der Waals surface area contributed by atoms with Crippen LogP contribution in [0.25, 0.3) is 0 Å². The van der Waals surface area contributed by atoms with Gasteiger partial charge in [0.2, 0.25) is 5.91 Å². The number of hydrogen-bond acceptors (Lipinski definition) is 3. The van der Waals surface area contributed by atoms with E-state index in [1.807, 2.05) is 0 Å². The molecule has 0 aromatic carbocycles. The van der Waals surface area contributed by atoms with E-state index in [-0.39, 0.29) is 24.5 Å². The average molecular weight is 255 g/mol. The number of aliphatic hydroxyl groups excluding tert-OH is 1. The van der Waals surface area contributed by atoms with Gasteiger partial charge in [0.25, 0.3) is 0 Å². The fourth-order valence-corrected chi connectivity index (χ4v) is 2.93. The number of hydrogen-bond donors (Lipinski definition) is 2. The van der Waals surface area contributed by atoms with Gasteiger partial charge in [-0.3, -0.25) is 9.59 Å². The second kappa shape index (κ2) is 5.69. The highest BCUT2D eigenvalue weighted by Gasteiger charge is 2.50. The van der Waals surface area contributed by atoms with E-state index in [0.717, 1.165) is 25.7 Å². The van der Waals surface area contributed by atoms with Crippen LogP contribution in [0.4, 0.5) is 0 Å². The first-order valence-corrected chi connectivity index (χ1v) is 6.79. The van der Waals surface area contributed by atoms with Crippen LogP contribution < -0.4 is 0 Å². The number of carboxylic acids is 1. The van der Waals surface area contributed by atoms with E-state index in [2.05, 4.69) is 0 Å². The Morgan fingerprint density at radius 1 is 1.11 bits per heavy atom. The first-order valence-electron chi connectivity index (χ1n) is 6.79. The smallest absolute Gasteiger partial charge is 0.307 e. The summed E-state index contributed by atoms with van der Waals surface area (Å²) in [4.78, 5) is 24.8. The minimum atomic E-state index is -0.874. The lowest BCUT2D eigenvalue weighted by molar-refractivity contribution is -0.143.